The van der Waals surface area contributed by atoms with Gasteiger partial charge in [0, 0.05) is 12.2 Å². The van der Waals surface area contributed by atoms with Crippen molar-refractivity contribution in [2.24, 2.45) is 0 Å². The van der Waals surface area contributed by atoms with E-state index in [4.69, 9.17) is 0 Å². The first-order valence-electron chi connectivity index (χ1n) is 5.27. The van der Waals surface area contributed by atoms with Crippen LogP contribution in [0.4, 0.5) is 11.5 Å². The largest absolute Gasteiger partial charge is 0.380 e. The molecular formula is C11H15N3. The van der Waals surface area contributed by atoms with Crippen molar-refractivity contribution >= 4 is 11.5 Å². The minimum atomic E-state index is 0.313. The van der Waals surface area contributed by atoms with Gasteiger partial charge in [0.15, 0.2) is 0 Å². The fourth-order valence-corrected chi connectivity index (χ4v) is 2.26. The summed E-state index contributed by atoms with van der Waals surface area (Å²) in [4.78, 5) is 4.52. The van der Waals surface area contributed by atoms with Crippen molar-refractivity contribution < 1.29 is 0 Å². The highest BCUT2D eigenvalue weighted by atomic mass is 15.2. The number of rotatable bonds is 0. The molecule has 74 valence electrons. The lowest BCUT2D eigenvalue weighted by atomic mass is 9.76. The Morgan fingerprint density at radius 1 is 1.36 bits per heavy atom. The summed E-state index contributed by atoms with van der Waals surface area (Å²) in [5.74, 6) is 1.04. The lowest BCUT2D eigenvalue weighted by Crippen LogP contribution is -2.53. The van der Waals surface area contributed by atoms with Gasteiger partial charge in [-0.2, -0.15) is 0 Å². The van der Waals surface area contributed by atoms with Crippen molar-refractivity contribution in [2.45, 2.75) is 31.7 Å². The second-order valence-electron chi connectivity index (χ2n) is 4.46. The summed E-state index contributed by atoms with van der Waals surface area (Å²) in [7, 11) is 0. The molecule has 0 amide bonds. The summed E-state index contributed by atoms with van der Waals surface area (Å²) >= 11 is 0. The molecule has 3 rings (SSSR count). The molecule has 3 nitrogen and oxygen atoms in total. The Kier molecular flexibility index (Phi) is 1.52. The van der Waals surface area contributed by atoms with E-state index in [-0.39, 0.29) is 0 Å². The molecule has 0 aromatic carbocycles. The monoisotopic (exact) mass is 189 g/mol. The predicted molar refractivity (Wildman–Crippen MR) is 57.7 cm³/mol. The Morgan fingerprint density at radius 2 is 2.21 bits per heavy atom. The van der Waals surface area contributed by atoms with E-state index in [9.17, 15) is 0 Å². The lowest BCUT2D eigenvalue weighted by Gasteiger charge is -2.46. The minimum Gasteiger partial charge on any atom is -0.380 e. The SMILES string of the molecule is Cc1ccc2c(n1)NC1(CCC1)CN2. The van der Waals surface area contributed by atoms with Gasteiger partial charge in [-0.15, -0.1) is 0 Å². The third-order valence-corrected chi connectivity index (χ3v) is 3.35. The van der Waals surface area contributed by atoms with Crippen LogP contribution in [0.15, 0.2) is 12.1 Å². The van der Waals surface area contributed by atoms with Crippen LogP contribution in [0.5, 0.6) is 0 Å². The Bertz CT molecular complexity index is 369. The number of aryl methyl sites for hydroxylation is 1. The van der Waals surface area contributed by atoms with Gasteiger partial charge in [-0.25, -0.2) is 4.98 Å². The molecule has 0 saturated heterocycles. The fourth-order valence-electron chi connectivity index (χ4n) is 2.26. The number of nitrogens with one attached hydrogen (secondary N) is 2. The second-order valence-corrected chi connectivity index (χ2v) is 4.46. The molecule has 1 saturated carbocycles. The average molecular weight is 189 g/mol. The normalized spacial score (nSPS) is 21.8. The van der Waals surface area contributed by atoms with E-state index in [1.807, 2.05) is 13.0 Å². The van der Waals surface area contributed by atoms with Crippen molar-refractivity contribution in [3.8, 4) is 0 Å². The lowest BCUT2D eigenvalue weighted by molar-refractivity contribution is 0.290. The Labute approximate surface area is 83.9 Å². The topological polar surface area (TPSA) is 37.0 Å². The van der Waals surface area contributed by atoms with Gasteiger partial charge in [0.25, 0.3) is 0 Å². The van der Waals surface area contributed by atoms with Crippen LogP contribution in [0.3, 0.4) is 0 Å². The van der Waals surface area contributed by atoms with Gasteiger partial charge in [0.2, 0.25) is 0 Å². The summed E-state index contributed by atoms with van der Waals surface area (Å²) < 4.78 is 0. The van der Waals surface area contributed by atoms with Gasteiger partial charge in [0.1, 0.15) is 5.82 Å². The molecule has 2 heterocycles. The molecular weight excluding hydrogens is 174 g/mol. The van der Waals surface area contributed by atoms with Crippen molar-refractivity contribution in [3.05, 3.63) is 17.8 Å². The van der Waals surface area contributed by atoms with E-state index in [0.717, 1.165) is 23.7 Å². The van der Waals surface area contributed by atoms with Crippen LogP contribution in [-0.2, 0) is 0 Å². The van der Waals surface area contributed by atoms with Crippen molar-refractivity contribution in [1.82, 2.24) is 4.98 Å². The Balaban J connectivity index is 1.96. The van der Waals surface area contributed by atoms with Gasteiger partial charge in [0.05, 0.1) is 11.2 Å². The molecule has 14 heavy (non-hydrogen) atoms. The van der Waals surface area contributed by atoms with E-state index < -0.39 is 0 Å². The molecule has 0 atom stereocenters. The maximum absolute atomic E-state index is 4.52. The Hall–Kier alpha value is -1.25. The highest BCUT2D eigenvalue weighted by molar-refractivity contribution is 5.68. The number of nitrogens with zero attached hydrogens (tertiary/aromatic N) is 1. The molecule has 1 aliphatic carbocycles. The molecule has 0 unspecified atom stereocenters. The second kappa shape index (κ2) is 2.62. The summed E-state index contributed by atoms with van der Waals surface area (Å²) in [6, 6.07) is 4.16. The molecule has 1 spiro atoms. The van der Waals surface area contributed by atoms with E-state index in [0.29, 0.717) is 5.54 Å². The summed E-state index contributed by atoms with van der Waals surface area (Å²) in [5, 5.41) is 7.03. The minimum absolute atomic E-state index is 0.313. The zero-order valence-corrected chi connectivity index (χ0v) is 8.43. The maximum atomic E-state index is 4.52. The third kappa shape index (κ3) is 1.08. The first-order chi connectivity index (χ1) is 6.77. The highest BCUT2D eigenvalue weighted by Crippen LogP contribution is 2.39. The molecule has 1 aromatic rings. The summed E-state index contributed by atoms with van der Waals surface area (Å²) in [6.45, 7) is 3.08. The van der Waals surface area contributed by atoms with Gasteiger partial charge in [-0.05, 0) is 38.3 Å². The van der Waals surface area contributed by atoms with Crippen LogP contribution in [-0.4, -0.2) is 17.1 Å². The van der Waals surface area contributed by atoms with Crippen LogP contribution >= 0.6 is 0 Å². The quantitative estimate of drug-likeness (QED) is 0.656. The zero-order valence-electron chi connectivity index (χ0n) is 8.43. The molecule has 1 aromatic heterocycles. The van der Waals surface area contributed by atoms with Gasteiger partial charge in [-0.3, -0.25) is 0 Å². The van der Waals surface area contributed by atoms with Crippen LogP contribution in [0, 0.1) is 6.92 Å². The van der Waals surface area contributed by atoms with Crippen molar-refractivity contribution in [3.63, 3.8) is 0 Å². The standard InChI is InChI=1S/C11H15N3/c1-8-3-4-9-10(13-8)14-11(7-12-9)5-2-6-11/h3-4,12H,2,5-7H2,1H3,(H,13,14). The van der Waals surface area contributed by atoms with E-state index in [1.54, 1.807) is 0 Å². The van der Waals surface area contributed by atoms with Crippen molar-refractivity contribution in [1.29, 1.82) is 0 Å². The number of anilines is 2. The number of aromatic nitrogens is 1. The first-order valence-corrected chi connectivity index (χ1v) is 5.27. The van der Waals surface area contributed by atoms with E-state index in [1.165, 1.54) is 19.3 Å². The molecule has 2 N–H and O–H groups in total. The van der Waals surface area contributed by atoms with E-state index >= 15 is 0 Å². The first kappa shape index (κ1) is 8.09. The smallest absolute Gasteiger partial charge is 0.150 e. The van der Waals surface area contributed by atoms with Crippen LogP contribution in [0.2, 0.25) is 0 Å². The third-order valence-electron chi connectivity index (χ3n) is 3.35. The molecule has 0 bridgehead atoms. The summed E-state index contributed by atoms with van der Waals surface area (Å²) in [5.41, 5.74) is 2.54. The van der Waals surface area contributed by atoms with E-state index in [2.05, 4.69) is 21.7 Å². The number of fused-ring (bicyclic) bond motifs is 1. The molecule has 3 heteroatoms. The number of pyridine rings is 1. The molecule has 1 fully saturated rings. The number of hydrogen-bond donors (Lipinski definition) is 2. The zero-order chi connectivity index (χ0) is 9.60. The maximum Gasteiger partial charge on any atom is 0.150 e. The molecule has 2 aliphatic rings. The summed E-state index contributed by atoms with van der Waals surface area (Å²) in [6.07, 6.45) is 3.89. The highest BCUT2D eigenvalue weighted by Gasteiger charge is 2.39. The predicted octanol–water partition coefficient (Wildman–Crippen LogP) is 2.15. The van der Waals surface area contributed by atoms with Crippen molar-refractivity contribution in [2.75, 3.05) is 17.2 Å². The Morgan fingerprint density at radius 3 is 2.93 bits per heavy atom. The molecule has 0 radical (unpaired) electrons. The van der Waals surface area contributed by atoms with Crippen LogP contribution < -0.4 is 10.6 Å². The fraction of sp³-hybridized carbons (Fsp3) is 0.545. The molecule has 1 aliphatic heterocycles. The average Bonchev–Trinajstić information content (AvgIpc) is 2.14. The number of hydrogen-bond acceptors (Lipinski definition) is 3. The van der Waals surface area contributed by atoms with Gasteiger partial charge in [-0.1, -0.05) is 0 Å². The van der Waals surface area contributed by atoms with Crippen LogP contribution in [0.25, 0.3) is 0 Å². The van der Waals surface area contributed by atoms with Gasteiger partial charge >= 0.3 is 0 Å². The van der Waals surface area contributed by atoms with Crippen LogP contribution in [0.1, 0.15) is 25.0 Å². The van der Waals surface area contributed by atoms with Gasteiger partial charge < -0.3 is 10.6 Å².